The van der Waals surface area contributed by atoms with Crippen LogP contribution in [-0.2, 0) is 0 Å². The molecule has 0 spiro atoms. The van der Waals surface area contributed by atoms with E-state index in [4.69, 9.17) is 0 Å². The van der Waals surface area contributed by atoms with E-state index in [1.165, 1.54) is 25.5 Å². The van der Waals surface area contributed by atoms with Gasteiger partial charge >= 0.3 is 0 Å². The molecule has 0 rings (SSSR count). The second kappa shape index (κ2) is 5.78. The first kappa shape index (κ1) is 10.0. The van der Waals surface area contributed by atoms with Crippen LogP contribution in [0.1, 0.15) is 13.8 Å². The van der Waals surface area contributed by atoms with E-state index in [0.717, 1.165) is 6.71 Å². The molecule has 2 heteroatoms. The van der Waals surface area contributed by atoms with Gasteiger partial charge in [-0.1, -0.05) is 32.8 Å². The van der Waals surface area contributed by atoms with E-state index < -0.39 is 0 Å². The fraction of sp³-hybridized carbons (Fsp3) is 1.00. The molecular formula is C8H20BN. The minimum Gasteiger partial charge on any atom is -0.310 e. The maximum atomic E-state index is 2.28. The molecule has 60 valence electrons. The van der Waals surface area contributed by atoms with Gasteiger partial charge in [0.2, 0.25) is 0 Å². The summed E-state index contributed by atoms with van der Waals surface area (Å²) in [6.45, 7) is 6.75. The van der Waals surface area contributed by atoms with Gasteiger partial charge in [-0.15, -0.1) is 0 Å². The predicted octanol–water partition coefficient (Wildman–Crippen LogP) is 2.08. The fourth-order valence-corrected chi connectivity index (χ4v) is 1.14. The Morgan fingerprint density at radius 3 is 1.90 bits per heavy atom. The van der Waals surface area contributed by atoms with Crippen LogP contribution in [0.25, 0.3) is 0 Å². The molecule has 0 aromatic carbocycles. The van der Waals surface area contributed by atoms with Crippen LogP contribution in [0.5, 0.6) is 0 Å². The number of rotatable bonds is 5. The molecule has 0 N–H and O–H groups in total. The highest BCUT2D eigenvalue weighted by Crippen LogP contribution is 2.04. The third-order valence-electron chi connectivity index (χ3n) is 2.14. The highest BCUT2D eigenvalue weighted by atomic mass is 15.0. The first-order valence-electron chi connectivity index (χ1n) is 4.35. The van der Waals surface area contributed by atoms with E-state index >= 15 is 0 Å². The van der Waals surface area contributed by atoms with Gasteiger partial charge in [-0.25, -0.2) is 0 Å². The summed E-state index contributed by atoms with van der Waals surface area (Å²) in [5, 5.41) is 0. The van der Waals surface area contributed by atoms with Crippen LogP contribution in [0, 0.1) is 0 Å². The summed E-state index contributed by atoms with van der Waals surface area (Å²) < 4.78 is 0. The summed E-state index contributed by atoms with van der Waals surface area (Å²) in [6.07, 6.45) is 4.04. The van der Waals surface area contributed by atoms with E-state index in [1.54, 1.807) is 0 Å². The first-order chi connectivity index (χ1) is 4.70. The summed E-state index contributed by atoms with van der Waals surface area (Å²) in [5.41, 5.74) is 0. The van der Waals surface area contributed by atoms with Crippen LogP contribution in [-0.4, -0.2) is 32.3 Å². The van der Waals surface area contributed by atoms with E-state index in [1.807, 2.05) is 0 Å². The Morgan fingerprint density at radius 1 is 1.10 bits per heavy atom. The van der Waals surface area contributed by atoms with Gasteiger partial charge in [0.05, 0.1) is 0 Å². The van der Waals surface area contributed by atoms with Crippen molar-refractivity contribution in [3.63, 3.8) is 0 Å². The van der Waals surface area contributed by atoms with E-state index in [2.05, 4.69) is 32.8 Å². The summed E-state index contributed by atoms with van der Waals surface area (Å²) >= 11 is 0. The van der Waals surface area contributed by atoms with Crippen molar-refractivity contribution in [1.29, 1.82) is 0 Å². The molecule has 0 saturated heterocycles. The van der Waals surface area contributed by atoms with Gasteiger partial charge in [-0.05, 0) is 20.6 Å². The predicted molar refractivity (Wildman–Crippen MR) is 50.1 cm³/mol. The van der Waals surface area contributed by atoms with Crippen LogP contribution < -0.4 is 0 Å². The van der Waals surface area contributed by atoms with Gasteiger partial charge in [0.1, 0.15) is 6.71 Å². The van der Waals surface area contributed by atoms with Crippen molar-refractivity contribution in [2.24, 2.45) is 0 Å². The maximum Gasteiger partial charge on any atom is 0.140 e. The molecule has 10 heavy (non-hydrogen) atoms. The Morgan fingerprint density at radius 2 is 1.60 bits per heavy atom. The lowest BCUT2D eigenvalue weighted by atomic mass is 9.43. The van der Waals surface area contributed by atoms with Crippen molar-refractivity contribution in [3.8, 4) is 0 Å². The third-order valence-corrected chi connectivity index (χ3v) is 2.14. The quantitative estimate of drug-likeness (QED) is 0.530. The highest BCUT2D eigenvalue weighted by Gasteiger charge is 2.07. The Bertz CT molecular complexity index is 69.7. The standard InChI is InChI=1S/C8H20BN/c1-5-9(6-2)7-8-10(3)4/h5-8H2,1-4H3. The molecule has 0 aromatic heterocycles. The van der Waals surface area contributed by atoms with Gasteiger partial charge in [-0.2, -0.15) is 0 Å². The second-order valence-corrected chi connectivity index (χ2v) is 3.27. The molecule has 0 aliphatic rings. The fourth-order valence-electron chi connectivity index (χ4n) is 1.14. The zero-order chi connectivity index (χ0) is 7.98. The monoisotopic (exact) mass is 141 g/mol. The first-order valence-corrected chi connectivity index (χ1v) is 4.35. The molecule has 0 unspecified atom stereocenters. The summed E-state index contributed by atoms with van der Waals surface area (Å²) in [4.78, 5) is 2.26. The Hall–Kier alpha value is 0.0249. The highest BCUT2D eigenvalue weighted by molar-refractivity contribution is 6.58. The number of hydrogen-bond acceptors (Lipinski definition) is 1. The molecule has 0 radical (unpaired) electrons. The normalized spacial score (nSPS) is 10.5. The Balaban J connectivity index is 3.26. The second-order valence-electron chi connectivity index (χ2n) is 3.27. The molecule has 0 fully saturated rings. The van der Waals surface area contributed by atoms with Crippen molar-refractivity contribution >= 4 is 6.71 Å². The molecule has 0 aliphatic heterocycles. The minimum atomic E-state index is 0.947. The SMILES string of the molecule is CCB(CC)CCN(C)C. The molecule has 0 atom stereocenters. The van der Waals surface area contributed by atoms with Crippen LogP contribution in [0.4, 0.5) is 0 Å². The van der Waals surface area contributed by atoms with Gasteiger partial charge in [0, 0.05) is 0 Å². The van der Waals surface area contributed by atoms with Crippen LogP contribution >= 0.6 is 0 Å². The minimum absolute atomic E-state index is 0.947. The molecule has 0 heterocycles. The Labute approximate surface area is 65.9 Å². The molecule has 0 saturated carbocycles. The molecule has 0 bridgehead atoms. The molecular weight excluding hydrogens is 121 g/mol. The Kier molecular flexibility index (Phi) is 5.80. The lowest BCUT2D eigenvalue weighted by Gasteiger charge is -2.12. The van der Waals surface area contributed by atoms with Crippen molar-refractivity contribution in [3.05, 3.63) is 0 Å². The van der Waals surface area contributed by atoms with Crippen LogP contribution in [0.2, 0.25) is 19.0 Å². The topological polar surface area (TPSA) is 3.24 Å². The lowest BCUT2D eigenvalue weighted by Crippen LogP contribution is -2.20. The number of hydrogen-bond donors (Lipinski definition) is 0. The zero-order valence-electron chi connectivity index (χ0n) is 7.85. The van der Waals surface area contributed by atoms with Crippen molar-refractivity contribution in [2.75, 3.05) is 20.6 Å². The van der Waals surface area contributed by atoms with Crippen molar-refractivity contribution < 1.29 is 0 Å². The summed E-state index contributed by atoms with van der Waals surface area (Å²) in [7, 11) is 4.28. The smallest absolute Gasteiger partial charge is 0.140 e. The average molecular weight is 141 g/mol. The van der Waals surface area contributed by atoms with E-state index in [-0.39, 0.29) is 0 Å². The van der Waals surface area contributed by atoms with E-state index in [9.17, 15) is 0 Å². The van der Waals surface area contributed by atoms with Gasteiger partial charge in [-0.3, -0.25) is 0 Å². The van der Waals surface area contributed by atoms with Gasteiger partial charge in [0.15, 0.2) is 0 Å². The largest absolute Gasteiger partial charge is 0.310 e. The van der Waals surface area contributed by atoms with Crippen LogP contribution in [0.3, 0.4) is 0 Å². The summed E-state index contributed by atoms with van der Waals surface area (Å²) in [5.74, 6) is 0. The van der Waals surface area contributed by atoms with Gasteiger partial charge < -0.3 is 4.90 Å². The van der Waals surface area contributed by atoms with Crippen LogP contribution in [0.15, 0.2) is 0 Å². The molecule has 1 nitrogen and oxygen atoms in total. The molecule has 0 aliphatic carbocycles. The lowest BCUT2D eigenvalue weighted by molar-refractivity contribution is 0.432. The maximum absolute atomic E-state index is 2.28. The van der Waals surface area contributed by atoms with Crippen molar-refractivity contribution in [1.82, 2.24) is 4.90 Å². The van der Waals surface area contributed by atoms with E-state index in [0.29, 0.717) is 0 Å². The molecule has 0 amide bonds. The van der Waals surface area contributed by atoms with Crippen molar-refractivity contribution in [2.45, 2.75) is 32.8 Å². The zero-order valence-corrected chi connectivity index (χ0v) is 7.85. The molecule has 0 aromatic rings. The summed E-state index contributed by atoms with van der Waals surface area (Å²) in [6, 6.07) is 0. The number of nitrogens with zero attached hydrogens (tertiary/aromatic N) is 1. The van der Waals surface area contributed by atoms with Gasteiger partial charge in [0.25, 0.3) is 0 Å². The third kappa shape index (κ3) is 4.86. The average Bonchev–Trinajstić information content (AvgIpc) is 1.90.